The molecule has 0 fully saturated rings. The Morgan fingerprint density at radius 3 is 2.53 bits per heavy atom. The Kier molecular flexibility index (Phi) is 2.44. The summed E-state index contributed by atoms with van der Waals surface area (Å²) in [4.78, 5) is 11.0. The number of nitrogens with two attached hydrogens (primary N) is 1. The van der Waals surface area contributed by atoms with Crippen molar-refractivity contribution in [3.8, 4) is 5.75 Å². The van der Waals surface area contributed by atoms with Gasteiger partial charge in [0.2, 0.25) is 0 Å². The molecular formula is C12H10N2O3. The van der Waals surface area contributed by atoms with Gasteiger partial charge in [-0.1, -0.05) is 18.2 Å². The molecule has 0 unspecified atom stereocenters. The lowest BCUT2D eigenvalue weighted by Crippen LogP contribution is -2.10. The highest BCUT2D eigenvalue weighted by Gasteiger charge is 2.14. The molecule has 2 rings (SSSR count). The first-order valence-corrected chi connectivity index (χ1v) is 4.84. The molecule has 0 radical (unpaired) electrons. The molecule has 2 aromatic rings. The van der Waals surface area contributed by atoms with E-state index in [9.17, 15) is 9.90 Å². The zero-order chi connectivity index (χ0) is 12.6. The molecular weight excluding hydrogens is 220 g/mol. The van der Waals surface area contributed by atoms with Gasteiger partial charge in [-0.3, -0.25) is 5.41 Å². The van der Waals surface area contributed by atoms with E-state index in [1.54, 1.807) is 18.2 Å². The van der Waals surface area contributed by atoms with Crippen molar-refractivity contribution in [1.29, 1.82) is 5.41 Å². The van der Waals surface area contributed by atoms with Crippen LogP contribution in [-0.4, -0.2) is 22.0 Å². The lowest BCUT2D eigenvalue weighted by atomic mass is 10.0. The minimum Gasteiger partial charge on any atom is -0.507 e. The Balaban J connectivity index is 2.79. The second-order valence-corrected chi connectivity index (χ2v) is 3.61. The number of hydrogen-bond donors (Lipinski definition) is 4. The highest BCUT2D eigenvalue weighted by molar-refractivity contribution is 6.08. The summed E-state index contributed by atoms with van der Waals surface area (Å²) in [5, 5.41) is 26.9. The van der Waals surface area contributed by atoms with Gasteiger partial charge in [0.25, 0.3) is 0 Å². The van der Waals surface area contributed by atoms with Crippen LogP contribution in [0.4, 0.5) is 0 Å². The number of rotatable bonds is 2. The van der Waals surface area contributed by atoms with Crippen LogP contribution in [0.5, 0.6) is 5.75 Å². The molecule has 0 saturated heterocycles. The van der Waals surface area contributed by atoms with E-state index in [0.717, 1.165) is 0 Å². The average Bonchev–Trinajstić information content (AvgIpc) is 2.27. The monoisotopic (exact) mass is 230 g/mol. The van der Waals surface area contributed by atoms with E-state index < -0.39 is 5.97 Å². The maximum absolute atomic E-state index is 11.0. The van der Waals surface area contributed by atoms with Crippen LogP contribution in [-0.2, 0) is 0 Å². The first-order valence-electron chi connectivity index (χ1n) is 4.84. The zero-order valence-electron chi connectivity index (χ0n) is 8.77. The van der Waals surface area contributed by atoms with E-state index in [0.29, 0.717) is 16.3 Å². The Bertz CT molecular complexity index is 635. The molecule has 0 bridgehead atoms. The maximum Gasteiger partial charge on any atom is 0.340 e. The van der Waals surface area contributed by atoms with Gasteiger partial charge in [-0.25, -0.2) is 4.79 Å². The molecule has 2 aromatic carbocycles. The van der Waals surface area contributed by atoms with E-state index in [-0.39, 0.29) is 17.1 Å². The van der Waals surface area contributed by atoms with Gasteiger partial charge >= 0.3 is 5.97 Å². The first kappa shape index (κ1) is 10.9. The van der Waals surface area contributed by atoms with Crippen molar-refractivity contribution in [1.82, 2.24) is 0 Å². The number of aromatic hydroxyl groups is 1. The van der Waals surface area contributed by atoms with Crippen LogP contribution in [0.3, 0.4) is 0 Å². The van der Waals surface area contributed by atoms with Crippen LogP contribution in [0.25, 0.3) is 10.8 Å². The van der Waals surface area contributed by atoms with E-state index in [1.807, 2.05) is 0 Å². The van der Waals surface area contributed by atoms with Crippen LogP contribution in [0, 0.1) is 5.41 Å². The predicted molar refractivity (Wildman–Crippen MR) is 63.6 cm³/mol. The fourth-order valence-corrected chi connectivity index (χ4v) is 1.71. The van der Waals surface area contributed by atoms with Gasteiger partial charge in [-0.2, -0.15) is 0 Å². The van der Waals surface area contributed by atoms with Crippen LogP contribution < -0.4 is 5.73 Å². The number of carboxylic acids is 1. The topological polar surface area (TPSA) is 107 Å². The molecule has 5 N–H and O–H groups in total. The molecule has 5 heteroatoms. The molecule has 0 aliphatic carbocycles. The number of phenols is 1. The van der Waals surface area contributed by atoms with E-state index in [2.05, 4.69) is 0 Å². The smallest absolute Gasteiger partial charge is 0.340 e. The lowest BCUT2D eigenvalue weighted by Gasteiger charge is -2.06. The highest BCUT2D eigenvalue weighted by atomic mass is 16.4. The number of hydrogen-bond acceptors (Lipinski definition) is 3. The summed E-state index contributed by atoms with van der Waals surface area (Å²) in [7, 11) is 0. The van der Waals surface area contributed by atoms with Gasteiger partial charge in [0.1, 0.15) is 17.1 Å². The molecule has 86 valence electrons. The second-order valence-electron chi connectivity index (χ2n) is 3.61. The minimum absolute atomic E-state index is 0.0862. The van der Waals surface area contributed by atoms with Gasteiger partial charge in [-0.05, 0) is 22.9 Å². The number of carboxylic acid groups (broad SMARTS) is 1. The van der Waals surface area contributed by atoms with Crippen molar-refractivity contribution in [2.45, 2.75) is 0 Å². The third-order valence-electron chi connectivity index (χ3n) is 2.52. The number of amidine groups is 1. The summed E-state index contributed by atoms with van der Waals surface area (Å²) < 4.78 is 0. The van der Waals surface area contributed by atoms with Gasteiger partial charge < -0.3 is 15.9 Å². The van der Waals surface area contributed by atoms with Gasteiger partial charge in [0.15, 0.2) is 0 Å². The summed E-state index contributed by atoms with van der Waals surface area (Å²) in [6, 6.07) is 7.61. The number of carbonyl (C=O) groups is 1. The Labute approximate surface area is 96.6 Å². The van der Waals surface area contributed by atoms with Crippen molar-refractivity contribution in [3.05, 3.63) is 41.5 Å². The second kappa shape index (κ2) is 3.79. The Morgan fingerprint density at radius 1 is 1.24 bits per heavy atom. The van der Waals surface area contributed by atoms with Crippen LogP contribution >= 0.6 is 0 Å². The van der Waals surface area contributed by atoms with Crippen molar-refractivity contribution in [3.63, 3.8) is 0 Å². The zero-order valence-corrected chi connectivity index (χ0v) is 8.77. The SMILES string of the molecule is N=C(N)c1ccc2c(C(=O)O)c(O)ccc2c1. The summed E-state index contributed by atoms with van der Waals surface area (Å²) in [6.45, 7) is 0. The molecule has 0 aromatic heterocycles. The quantitative estimate of drug-likeness (QED) is 0.463. The highest BCUT2D eigenvalue weighted by Crippen LogP contribution is 2.27. The molecule has 0 aliphatic heterocycles. The predicted octanol–water partition coefficient (Wildman–Crippen LogP) is 1.53. The fraction of sp³-hybridized carbons (Fsp3) is 0. The maximum atomic E-state index is 11.0. The van der Waals surface area contributed by atoms with E-state index in [1.165, 1.54) is 12.1 Å². The molecule has 17 heavy (non-hydrogen) atoms. The molecule has 5 nitrogen and oxygen atoms in total. The Morgan fingerprint density at radius 2 is 1.94 bits per heavy atom. The third kappa shape index (κ3) is 1.78. The molecule has 0 spiro atoms. The normalized spacial score (nSPS) is 10.4. The summed E-state index contributed by atoms with van der Waals surface area (Å²) in [5.74, 6) is -1.55. The molecule has 0 aliphatic rings. The van der Waals surface area contributed by atoms with E-state index >= 15 is 0 Å². The van der Waals surface area contributed by atoms with Crippen LogP contribution in [0.1, 0.15) is 15.9 Å². The number of fused-ring (bicyclic) bond motifs is 1. The molecule has 0 amide bonds. The third-order valence-corrected chi connectivity index (χ3v) is 2.52. The number of benzene rings is 2. The lowest BCUT2D eigenvalue weighted by molar-refractivity contribution is 0.0696. The number of nitrogen functional groups attached to an aromatic ring is 1. The van der Waals surface area contributed by atoms with Crippen molar-refractivity contribution in [2.75, 3.05) is 0 Å². The van der Waals surface area contributed by atoms with Crippen LogP contribution in [0.15, 0.2) is 30.3 Å². The van der Waals surface area contributed by atoms with Crippen molar-refractivity contribution >= 4 is 22.6 Å². The standard InChI is InChI=1S/C12H10N2O3/c13-11(14)7-1-3-8-6(5-7)2-4-9(15)10(8)12(16)17/h1-5,15H,(H3,13,14)(H,16,17). The van der Waals surface area contributed by atoms with Gasteiger partial charge in [0, 0.05) is 5.56 Å². The number of aromatic carboxylic acids is 1. The molecule has 0 heterocycles. The fourth-order valence-electron chi connectivity index (χ4n) is 1.71. The summed E-state index contributed by atoms with van der Waals surface area (Å²) >= 11 is 0. The minimum atomic E-state index is -1.19. The molecule has 0 saturated carbocycles. The molecule has 0 atom stereocenters. The van der Waals surface area contributed by atoms with E-state index in [4.69, 9.17) is 16.2 Å². The van der Waals surface area contributed by atoms with Crippen molar-refractivity contribution in [2.24, 2.45) is 5.73 Å². The van der Waals surface area contributed by atoms with Gasteiger partial charge in [0.05, 0.1) is 0 Å². The first-order chi connectivity index (χ1) is 8.00. The largest absolute Gasteiger partial charge is 0.507 e. The summed E-state index contributed by atoms with van der Waals surface area (Å²) in [6.07, 6.45) is 0. The average molecular weight is 230 g/mol. The number of nitrogens with one attached hydrogen (secondary N) is 1. The van der Waals surface area contributed by atoms with Crippen molar-refractivity contribution < 1.29 is 15.0 Å². The Hall–Kier alpha value is -2.56. The summed E-state index contributed by atoms with van der Waals surface area (Å²) in [5.41, 5.74) is 5.72. The van der Waals surface area contributed by atoms with Crippen LogP contribution in [0.2, 0.25) is 0 Å². The van der Waals surface area contributed by atoms with Gasteiger partial charge in [-0.15, -0.1) is 0 Å².